The number of carbonyl (C=O) groups is 1. The maximum atomic E-state index is 12.2. The molecule has 2 amide bonds. The van der Waals surface area contributed by atoms with Crippen LogP contribution in [0.1, 0.15) is 23.2 Å². The molecule has 0 unspecified atom stereocenters. The molecule has 0 atom stereocenters. The van der Waals surface area contributed by atoms with Crippen LogP contribution in [-0.2, 0) is 13.1 Å². The molecule has 7 heteroatoms. The van der Waals surface area contributed by atoms with Gasteiger partial charge in [0.2, 0.25) is 0 Å². The van der Waals surface area contributed by atoms with Gasteiger partial charge in [-0.3, -0.25) is 0 Å². The second-order valence-electron chi connectivity index (χ2n) is 5.29. The molecular weight excluding hydrogens is 326 g/mol. The topological polar surface area (TPSA) is 63.7 Å². The average Bonchev–Trinajstić information content (AvgIpc) is 2.98. The predicted molar refractivity (Wildman–Crippen MR) is 94.7 cm³/mol. The Bertz CT molecular complexity index is 687. The number of hydrogen-bond acceptors (Lipinski definition) is 5. The van der Waals surface area contributed by atoms with Crippen molar-refractivity contribution in [3.63, 3.8) is 0 Å². The molecule has 2 rings (SSSR count). The van der Waals surface area contributed by atoms with Crippen LogP contribution in [0.5, 0.6) is 11.5 Å². The molecule has 1 aromatic heterocycles. The Morgan fingerprint density at radius 2 is 2.17 bits per heavy atom. The van der Waals surface area contributed by atoms with Gasteiger partial charge in [-0.2, -0.15) is 0 Å². The SMILES string of the molecule is CCOc1ccc(CNC(=O)N(C)Cc2csc(C)n2)cc1OC. The van der Waals surface area contributed by atoms with Crippen LogP contribution in [0, 0.1) is 6.92 Å². The van der Waals surface area contributed by atoms with E-state index in [1.165, 1.54) is 0 Å². The zero-order valence-electron chi connectivity index (χ0n) is 14.5. The molecule has 0 spiro atoms. The summed E-state index contributed by atoms with van der Waals surface area (Å²) in [5, 5.41) is 5.86. The number of nitrogens with zero attached hydrogens (tertiary/aromatic N) is 2. The number of aromatic nitrogens is 1. The maximum absolute atomic E-state index is 12.2. The lowest BCUT2D eigenvalue weighted by atomic mass is 10.2. The summed E-state index contributed by atoms with van der Waals surface area (Å²) in [5.41, 5.74) is 1.85. The molecule has 0 saturated carbocycles. The molecule has 24 heavy (non-hydrogen) atoms. The quantitative estimate of drug-likeness (QED) is 0.834. The number of benzene rings is 1. The van der Waals surface area contributed by atoms with Crippen LogP contribution in [0.2, 0.25) is 0 Å². The lowest BCUT2D eigenvalue weighted by Crippen LogP contribution is -2.36. The van der Waals surface area contributed by atoms with Gasteiger partial charge in [0.1, 0.15) is 0 Å². The number of carbonyl (C=O) groups excluding carboxylic acids is 1. The van der Waals surface area contributed by atoms with Gasteiger partial charge >= 0.3 is 6.03 Å². The largest absolute Gasteiger partial charge is 0.493 e. The summed E-state index contributed by atoms with van der Waals surface area (Å²) in [5.74, 6) is 1.36. The van der Waals surface area contributed by atoms with Gasteiger partial charge in [0, 0.05) is 19.0 Å². The third-order valence-corrected chi connectivity index (χ3v) is 4.21. The zero-order chi connectivity index (χ0) is 17.5. The highest BCUT2D eigenvalue weighted by molar-refractivity contribution is 7.09. The number of aryl methyl sites for hydroxylation is 1. The number of nitrogens with one attached hydrogen (secondary N) is 1. The monoisotopic (exact) mass is 349 g/mol. The first kappa shape index (κ1) is 18.1. The fraction of sp³-hybridized carbons (Fsp3) is 0.412. The van der Waals surface area contributed by atoms with Crippen molar-refractivity contribution >= 4 is 17.4 Å². The third-order valence-electron chi connectivity index (χ3n) is 3.38. The number of thiazole rings is 1. The van der Waals surface area contributed by atoms with Gasteiger partial charge in [-0.15, -0.1) is 11.3 Å². The molecule has 0 fully saturated rings. The minimum Gasteiger partial charge on any atom is -0.493 e. The van der Waals surface area contributed by atoms with E-state index in [-0.39, 0.29) is 6.03 Å². The van der Waals surface area contributed by atoms with Crippen molar-refractivity contribution in [2.24, 2.45) is 0 Å². The lowest BCUT2D eigenvalue weighted by molar-refractivity contribution is 0.206. The van der Waals surface area contributed by atoms with Crippen LogP contribution in [0.25, 0.3) is 0 Å². The number of ether oxygens (including phenoxy) is 2. The van der Waals surface area contributed by atoms with Crippen molar-refractivity contribution in [2.45, 2.75) is 26.9 Å². The first-order valence-electron chi connectivity index (χ1n) is 7.73. The second kappa shape index (κ2) is 8.54. The molecule has 0 aliphatic heterocycles. The first-order valence-corrected chi connectivity index (χ1v) is 8.61. The Morgan fingerprint density at radius 1 is 1.38 bits per heavy atom. The van der Waals surface area contributed by atoms with Gasteiger partial charge in [-0.1, -0.05) is 6.07 Å². The molecule has 130 valence electrons. The molecule has 0 bridgehead atoms. The highest BCUT2D eigenvalue weighted by Gasteiger charge is 2.11. The minimum absolute atomic E-state index is 0.145. The summed E-state index contributed by atoms with van der Waals surface area (Å²) < 4.78 is 10.8. The van der Waals surface area contributed by atoms with Crippen molar-refractivity contribution in [1.29, 1.82) is 0 Å². The van der Waals surface area contributed by atoms with E-state index in [0.717, 1.165) is 16.3 Å². The van der Waals surface area contributed by atoms with Gasteiger partial charge in [0.05, 0.1) is 31.0 Å². The van der Waals surface area contributed by atoms with Crippen LogP contribution in [-0.4, -0.2) is 36.7 Å². The molecule has 0 radical (unpaired) electrons. The predicted octanol–water partition coefficient (Wildman–Crippen LogP) is 3.20. The van der Waals surface area contributed by atoms with Crippen LogP contribution >= 0.6 is 11.3 Å². The van der Waals surface area contributed by atoms with E-state index in [1.54, 1.807) is 30.4 Å². The normalized spacial score (nSPS) is 10.3. The summed E-state index contributed by atoms with van der Waals surface area (Å²) in [6.07, 6.45) is 0. The fourth-order valence-corrected chi connectivity index (χ4v) is 2.81. The van der Waals surface area contributed by atoms with Crippen molar-refractivity contribution in [3.8, 4) is 11.5 Å². The highest BCUT2D eigenvalue weighted by Crippen LogP contribution is 2.27. The molecule has 2 aromatic rings. The van der Waals surface area contributed by atoms with E-state index in [9.17, 15) is 4.79 Å². The Hall–Kier alpha value is -2.28. The number of methoxy groups -OCH3 is 1. The van der Waals surface area contributed by atoms with Crippen LogP contribution in [0.4, 0.5) is 4.79 Å². The summed E-state index contributed by atoms with van der Waals surface area (Å²) in [4.78, 5) is 18.2. The Labute approximate surface area is 146 Å². The van der Waals surface area contributed by atoms with E-state index in [2.05, 4.69) is 10.3 Å². The second-order valence-corrected chi connectivity index (χ2v) is 6.35. The number of urea groups is 1. The van der Waals surface area contributed by atoms with Gasteiger partial charge in [-0.05, 0) is 31.5 Å². The Balaban J connectivity index is 1.90. The molecule has 6 nitrogen and oxygen atoms in total. The standard InChI is InChI=1S/C17H23N3O3S/c1-5-23-15-7-6-13(8-16(15)22-4)9-18-17(21)20(3)10-14-11-24-12(2)19-14/h6-8,11H,5,9-10H2,1-4H3,(H,18,21). The van der Waals surface area contributed by atoms with Gasteiger partial charge in [0.25, 0.3) is 0 Å². The van der Waals surface area contributed by atoms with E-state index in [0.29, 0.717) is 31.2 Å². The third kappa shape index (κ3) is 4.86. The molecule has 1 N–H and O–H groups in total. The Kier molecular flexibility index (Phi) is 6.43. The summed E-state index contributed by atoms with van der Waals surface area (Å²) in [6, 6.07) is 5.49. The number of amides is 2. The molecule has 0 aliphatic rings. The van der Waals surface area contributed by atoms with Crippen LogP contribution in [0.15, 0.2) is 23.6 Å². The minimum atomic E-state index is -0.145. The smallest absolute Gasteiger partial charge is 0.317 e. The van der Waals surface area contributed by atoms with E-state index < -0.39 is 0 Å². The van der Waals surface area contributed by atoms with Crippen molar-refractivity contribution in [3.05, 3.63) is 39.8 Å². The molecular formula is C17H23N3O3S. The molecule has 0 aliphatic carbocycles. The van der Waals surface area contributed by atoms with Gasteiger partial charge < -0.3 is 19.7 Å². The van der Waals surface area contributed by atoms with E-state index >= 15 is 0 Å². The van der Waals surface area contributed by atoms with E-state index in [1.807, 2.05) is 37.4 Å². The number of rotatable bonds is 7. The molecule has 1 heterocycles. The van der Waals surface area contributed by atoms with Gasteiger partial charge in [0.15, 0.2) is 11.5 Å². The Morgan fingerprint density at radius 3 is 2.79 bits per heavy atom. The summed E-state index contributed by atoms with van der Waals surface area (Å²) >= 11 is 1.58. The van der Waals surface area contributed by atoms with Gasteiger partial charge in [-0.25, -0.2) is 9.78 Å². The maximum Gasteiger partial charge on any atom is 0.317 e. The number of hydrogen-bond donors (Lipinski definition) is 1. The van der Waals surface area contributed by atoms with Crippen molar-refractivity contribution < 1.29 is 14.3 Å². The van der Waals surface area contributed by atoms with Crippen LogP contribution < -0.4 is 14.8 Å². The molecule has 1 aromatic carbocycles. The zero-order valence-corrected chi connectivity index (χ0v) is 15.3. The van der Waals surface area contributed by atoms with Crippen molar-refractivity contribution in [1.82, 2.24) is 15.2 Å². The van der Waals surface area contributed by atoms with Crippen LogP contribution in [0.3, 0.4) is 0 Å². The lowest BCUT2D eigenvalue weighted by Gasteiger charge is -2.17. The highest BCUT2D eigenvalue weighted by atomic mass is 32.1. The average molecular weight is 349 g/mol. The fourth-order valence-electron chi connectivity index (χ4n) is 2.20. The summed E-state index contributed by atoms with van der Waals surface area (Å²) in [6.45, 7) is 5.36. The summed E-state index contributed by atoms with van der Waals surface area (Å²) in [7, 11) is 3.35. The van der Waals surface area contributed by atoms with E-state index in [4.69, 9.17) is 9.47 Å². The van der Waals surface area contributed by atoms with Crippen molar-refractivity contribution in [2.75, 3.05) is 20.8 Å². The first-order chi connectivity index (χ1) is 11.5. The molecule has 0 saturated heterocycles.